The molecule has 19 heavy (non-hydrogen) atoms. The highest BCUT2D eigenvalue weighted by Gasteiger charge is 2.41. The Morgan fingerprint density at radius 3 is 2.95 bits per heavy atom. The molecule has 2 unspecified atom stereocenters. The lowest BCUT2D eigenvalue weighted by atomic mass is 9.96. The highest BCUT2D eigenvalue weighted by molar-refractivity contribution is 5.48. The quantitative estimate of drug-likeness (QED) is 0.517. The molecular formula is C12H14F2N4O. The number of benzene rings is 1. The second-order valence-electron chi connectivity index (χ2n) is 4.76. The van der Waals surface area contributed by atoms with E-state index >= 15 is 0 Å². The van der Waals surface area contributed by atoms with Crippen LogP contribution >= 0.6 is 0 Å². The van der Waals surface area contributed by atoms with Crippen LogP contribution in [0.15, 0.2) is 17.2 Å². The highest BCUT2D eigenvalue weighted by Crippen LogP contribution is 2.41. The Morgan fingerprint density at radius 1 is 1.63 bits per heavy atom. The van der Waals surface area contributed by atoms with Gasteiger partial charge in [-0.25, -0.2) is 8.78 Å². The predicted octanol–water partition coefficient (Wildman–Crippen LogP) is 2.80. The van der Waals surface area contributed by atoms with Crippen molar-refractivity contribution >= 4 is 0 Å². The maximum Gasteiger partial charge on any atom is 0.147 e. The van der Waals surface area contributed by atoms with Crippen LogP contribution in [-0.4, -0.2) is 18.8 Å². The third-order valence-corrected chi connectivity index (χ3v) is 3.15. The molecule has 0 saturated heterocycles. The van der Waals surface area contributed by atoms with E-state index < -0.39 is 24.1 Å². The Morgan fingerprint density at radius 2 is 2.37 bits per heavy atom. The summed E-state index contributed by atoms with van der Waals surface area (Å²) in [5, 5.41) is 3.37. The summed E-state index contributed by atoms with van der Waals surface area (Å²) in [5.74, 6) is -0.0321. The molecule has 2 N–H and O–H groups in total. The number of halogens is 2. The molecule has 1 aliphatic heterocycles. The van der Waals surface area contributed by atoms with E-state index in [0.29, 0.717) is 16.9 Å². The number of hydrogen-bond acceptors (Lipinski definition) is 3. The Kier molecular flexibility index (Phi) is 3.59. The van der Waals surface area contributed by atoms with Crippen LogP contribution in [0.1, 0.15) is 24.1 Å². The van der Waals surface area contributed by atoms with Crippen molar-refractivity contribution < 1.29 is 13.5 Å². The third kappa shape index (κ3) is 2.47. The number of nitrogens with two attached hydrogens (primary N) is 1. The van der Waals surface area contributed by atoms with Crippen LogP contribution in [-0.2, 0) is 6.42 Å². The summed E-state index contributed by atoms with van der Waals surface area (Å²) in [5.41, 5.74) is 13.9. The van der Waals surface area contributed by atoms with Crippen molar-refractivity contribution in [2.24, 2.45) is 10.8 Å². The molecule has 1 aromatic carbocycles. The van der Waals surface area contributed by atoms with Crippen molar-refractivity contribution in [1.29, 1.82) is 0 Å². The number of alkyl halides is 1. The maximum atomic E-state index is 13.5. The summed E-state index contributed by atoms with van der Waals surface area (Å²) >= 11 is 0. The van der Waals surface area contributed by atoms with Gasteiger partial charge in [-0.2, -0.15) is 0 Å². The molecule has 0 fully saturated rings. The first kappa shape index (κ1) is 13.6. The average molecular weight is 268 g/mol. The van der Waals surface area contributed by atoms with Gasteiger partial charge in [0.25, 0.3) is 0 Å². The highest BCUT2D eigenvalue weighted by atomic mass is 19.1. The molecule has 2 atom stereocenters. The fraction of sp³-hybridized carbons (Fsp3) is 0.500. The minimum Gasteiger partial charge on any atom is -0.483 e. The fourth-order valence-corrected chi connectivity index (χ4v) is 2.23. The van der Waals surface area contributed by atoms with Crippen molar-refractivity contribution in [2.45, 2.75) is 25.0 Å². The van der Waals surface area contributed by atoms with E-state index in [4.69, 9.17) is 16.0 Å². The van der Waals surface area contributed by atoms with Crippen molar-refractivity contribution in [3.05, 3.63) is 39.5 Å². The summed E-state index contributed by atoms with van der Waals surface area (Å²) in [6, 6.07) is 2.15. The molecule has 7 heteroatoms. The van der Waals surface area contributed by atoms with Crippen LogP contribution in [0.3, 0.4) is 0 Å². The van der Waals surface area contributed by atoms with E-state index in [1.54, 1.807) is 6.92 Å². The van der Waals surface area contributed by atoms with Gasteiger partial charge in [-0.15, -0.1) is 0 Å². The Bertz CT molecular complexity index is 543. The third-order valence-electron chi connectivity index (χ3n) is 3.15. The molecule has 0 saturated carbocycles. The fourth-order valence-electron chi connectivity index (χ4n) is 2.23. The van der Waals surface area contributed by atoms with Crippen molar-refractivity contribution in [1.82, 2.24) is 0 Å². The Hall–Kier alpha value is -1.85. The van der Waals surface area contributed by atoms with Gasteiger partial charge in [0.2, 0.25) is 0 Å². The molecule has 1 aromatic rings. The van der Waals surface area contributed by atoms with Crippen LogP contribution in [0.5, 0.6) is 5.75 Å². The van der Waals surface area contributed by atoms with E-state index in [0.717, 1.165) is 0 Å². The second kappa shape index (κ2) is 5.03. The van der Waals surface area contributed by atoms with Gasteiger partial charge in [0, 0.05) is 28.5 Å². The minimum atomic E-state index is -1.24. The topological polar surface area (TPSA) is 84.0 Å². The summed E-state index contributed by atoms with van der Waals surface area (Å²) in [6.07, 6.45) is 0.162. The van der Waals surface area contributed by atoms with Gasteiger partial charge in [-0.1, -0.05) is 5.11 Å². The number of rotatable bonds is 4. The lowest BCUT2D eigenvalue weighted by Crippen LogP contribution is -2.40. The molecule has 2 rings (SSSR count). The van der Waals surface area contributed by atoms with Gasteiger partial charge in [0.15, 0.2) is 0 Å². The first-order valence-electron chi connectivity index (χ1n) is 5.85. The molecule has 1 heterocycles. The van der Waals surface area contributed by atoms with Gasteiger partial charge >= 0.3 is 0 Å². The smallest absolute Gasteiger partial charge is 0.147 e. The Labute approximate surface area is 109 Å². The summed E-state index contributed by atoms with van der Waals surface area (Å²) in [4.78, 5) is 2.61. The SMILES string of the molecule is CC(N)c1cc(F)cc2c1OC(CF)(CN=[N+]=[N-])C2. The maximum absolute atomic E-state index is 13.5. The van der Waals surface area contributed by atoms with E-state index in [1.807, 2.05) is 0 Å². The molecular weight excluding hydrogens is 254 g/mol. The first-order valence-corrected chi connectivity index (χ1v) is 5.85. The van der Waals surface area contributed by atoms with Crippen molar-refractivity contribution in [3.63, 3.8) is 0 Å². The largest absolute Gasteiger partial charge is 0.483 e. The molecule has 0 aliphatic carbocycles. The number of ether oxygens (including phenoxy) is 1. The average Bonchev–Trinajstić information content (AvgIpc) is 2.74. The molecule has 0 spiro atoms. The monoisotopic (exact) mass is 268 g/mol. The van der Waals surface area contributed by atoms with Crippen molar-refractivity contribution in [2.75, 3.05) is 13.2 Å². The standard InChI is InChI=1S/C12H14F2N4O/c1-7(15)10-3-9(14)2-8-4-12(5-13,6-17-18-16)19-11(8)10/h2-3,7H,4-6,15H2,1H3. The zero-order valence-electron chi connectivity index (χ0n) is 10.4. The summed E-state index contributed by atoms with van der Waals surface area (Å²) in [6.45, 7) is 0.733. The lowest BCUT2D eigenvalue weighted by Gasteiger charge is -2.24. The van der Waals surface area contributed by atoms with E-state index in [-0.39, 0.29) is 13.0 Å². The minimum absolute atomic E-state index is 0.144. The first-order chi connectivity index (χ1) is 9.01. The van der Waals surface area contributed by atoms with Crippen LogP contribution in [0.4, 0.5) is 8.78 Å². The zero-order chi connectivity index (χ0) is 14.0. The predicted molar refractivity (Wildman–Crippen MR) is 66.1 cm³/mol. The van der Waals surface area contributed by atoms with Gasteiger partial charge < -0.3 is 10.5 Å². The van der Waals surface area contributed by atoms with Crippen LogP contribution in [0.2, 0.25) is 0 Å². The van der Waals surface area contributed by atoms with E-state index in [2.05, 4.69) is 10.0 Å². The molecule has 102 valence electrons. The van der Waals surface area contributed by atoms with Gasteiger partial charge in [-0.3, -0.25) is 0 Å². The molecule has 0 bridgehead atoms. The van der Waals surface area contributed by atoms with Gasteiger partial charge in [0.1, 0.15) is 23.8 Å². The molecule has 0 radical (unpaired) electrons. The van der Waals surface area contributed by atoms with Crippen molar-refractivity contribution in [3.8, 4) is 5.75 Å². The number of nitrogens with zero attached hydrogens (tertiary/aromatic N) is 3. The van der Waals surface area contributed by atoms with Crippen LogP contribution < -0.4 is 10.5 Å². The van der Waals surface area contributed by atoms with Gasteiger partial charge in [-0.05, 0) is 24.6 Å². The van der Waals surface area contributed by atoms with E-state index in [1.165, 1.54) is 12.1 Å². The van der Waals surface area contributed by atoms with Gasteiger partial charge in [0.05, 0.1) is 6.54 Å². The zero-order valence-corrected chi connectivity index (χ0v) is 10.4. The second-order valence-corrected chi connectivity index (χ2v) is 4.76. The molecule has 0 aromatic heterocycles. The Balaban J connectivity index is 2.42. The number of azide groups is 1. The number of fused-ring (bicyclic) bond motifs is 1. The normalized spacial score (nSPS) is 22.3. The lowest BCUT2D eigenvalue weighted by molar-refractivity contribution is 0.0719. The van der Waals surface area contributed by atoms with Crippen LogP contribution in [0, 0.1) is 5.82 Å². The molecule has 0 amide bonds. The van der Waals surface area contributed by atoms with Crippen LogP contribution in [0.25, 0.3) is 10.4 Å². The summed E-state index contributed by atoms with van der Waals surface area (Å²) in [7, 11) is 0. The number of hydrogen-bond donors (Lipinski definition) is 1. The molecule has 1 aliphatic rings. The van der Waals surface area contributed by atoms with E-state index in [9.17, 15) is 8.78 Å². The molecule has 5 nitrogen and oxygen atoms in total. The summed E-state index contributed by atoms with van der Waals surface area (Å²) < 4.78 is 32.4.